The number of nitrogens with zero attached hydrogens (tertiary/aromatic N) is 2. The highest BCUT2D eigenvalue weighted by atomic mass is 16.2. The van der Waals surface area contributed by atoms with Gasteiger partial charge in [-0.3, -0.25) is 4.79 Å². The van der Waals surface area contributed by atoms with Crippen molar-refractivity contribution < 1.29 is 9.59 Å². The number of carbonyl (C=O) groups is 2. The second-order valence-corrected chi connectivity index (χ2v) is 7.16. The SMILES string of the molecule is CC(C)(C)CNC(=O)N1CCN(C(=O)C2CCC2)CC1. The maximum Gasteiger partial charge on any atom is 0.317 e. The minimum Gasteiger partial charge on any atom is -0.339 e. The highest BCUT2D eigenvalue weighted by molar-refractivity contribution is 5.80. The molecule has 5 heteroatoms. The molecule has 0 aromatic carbocycles. The van der Waals surface area contributed by atoms with E-state index >= 15 is 0 Å². The monoisotopic (exact) mass is 281 g/mol. The molecule has 0 unspecified atom stereocenters. The lowest BCUT2D eigenvalue weighted by molar-refractivity contribution is -0.139. The average molecular weight is 281 g/mol. The second-order valence-electron chi connectivity index (χ2n) is 7.16. The van der Waals surface area contributed by atoms with E-state index in [9.17, 15) is 9.59 Å². The van der Waals surface area contributed by atoms with Crippen molar-refractivity contribution in [2.45, 2.75) is 40.0 Å². The largest absolute Gasteiger partial charge is 0.339 e. The van der Waals surface area contributed by atoms with Crippen molar-refractivity contribution in [1.29, 1.82) is 0 Å². The summed E-state index contributed by atoms with van der Waals surface area (Å²) in [6, 6.07) is -0.00401. The zero-order valence-corrected chi connectivity index (χ0v) is 12.9. The van der Waals surface area contributed by atoms with Gasteiger partial charge in [0.1, 0.15) is 0 Å². The smallest absolute Gasteiger partial charge is 0.317 e. The third-order valence-electron chi connectivity index (χ3n) is 4.10. The summed E-state index contributed by atoms with van der Waals surface area (Å²) < 4.78 is 0. The van der Waals surface area contributed by atoms with Gasteiger partial charge in [-0.2, -0.15) is 0 Å². The summed E-state index contributed by atoms with van der Waals surface area (Å²) in [5, 5.41) is 2.97. The molecule has 1 aliphatic carbocycles. The number of carbonyl (C=O) groups excluding carboxylic acids is 2. The molecule has 2 aliphatic rings. The van der Waals surface area contributed by atoms with E-state index in [4.69, 9.17) is 0 Å². The normalized spacial score (nSPS) is 20.6. The van der Waals surface area contributed by atoms with Gasteiger partial charge in [0.25, 0.3) is 0 Å². The van der Waals surface area contributed by atoms with E-state index in [2.05, 4.69) is 26.1 Å². The minimum absolute atomic E-state index is 0.00401. The van der Waals surface area contributed by atoms with Gasteiger partial charge >= 0.3 is 6.03 Å². The Balaban J connectivity index is 1.73. The molecule has 1 saturated carbocycles. The molecule has 3 amide bonds. The molecule has 1 heterocycles. The van der Waals surface area contributed by atoms with E-state index in [-0.39, 0.29) is 17.4 Å². The molecule has 1 saturated heterocycles. The number of amides is 3. The molecule has 20 heavy (non-hydrogen) atoms. The average Bonchev–Trinajstić information content (AvgIpc) is 2.33. The van der Waals surface area contributed by atoms with Crippen LogP contribution in [0.25, 0.3) is 0 Å². The van der Waals surface area contributed by atoms with Crippen molar-refractivity contribution in [2.24, 2.45) is 11.3 Å². The molecule has 0 aromatic heterocycles. The first-order chi connectivity index (χ1) is 9.37. The van der Waals surface area contributed by atoms with Crippen LogP contribution >= 0.6 is 0 Å². The maximum atomic E-state index is 12.1. The molecule has 2 fully saturated rings. The van der Waals surface area contributed by atoms with Gasteiger partial charge in [0.15, 0.2) is 0 Å². The fraction of sp³-hybridized carbons (Fsp3) is 0.867. The van der Waals surface area contributed by atoms with Crippen LogP contribution < -0.4 is 5.32 Å². The Morgan fingerprint density at radius 1 is 1.05 bits per heavy atom. The van der Waals surface area contributed by atoms with Crippen LogP contribution in [0.5, 0.6) is 0 Å². The van der Waals surface area contributed by atoms with Crippen LogP contribution in [-0.2, 0) is 4.79 Å². The lowest BCUT2D eigenvalue weighted by Crippen LogP contribution is -2.55. The predicted octanol–water partition coefficient (Wildman–Crippen LogP) is 1.69. The predicted molar refractivity (Wildman–Crippen MR) is 78.3 cm³/mol. The fourth-order valence-corrected chi connectivity index (χ4v) is 2.50. The minimum atomic E-state index is -0.00401. The maximum absolute atomic E-state index is 12.1. The van der Waals surface area contributed by atoms with Crippen LogP contribution in [0.15, 0.2) is 0 Å². The molecule has 0 spiro atoms. The van der Waals surface area contributed by atoms with Gasteiger partial charge < -0.3 is 15.1 Å². The van der Waals surface area contributed by atoms with Crippen molar-refractivity contribution in [2.75, 3.05) is 32.7 Å². The van der Waals surface area contributed by atoms with Crippen LogP contribution in [0.2, 0.25) is 0 Å². The van der Waals surface area contributed by atoms with Gasteiger partial charge in [-0.1, -0.05) is 27.2 Å². The molecular formula is C15H27N3O2. The highest BCUT2D eigenvalue weighted by Crippen LogP contribution is 2.28. The number of piperazine rings is 1. The first-order valence-corrected chi connectivity index (χ1v) is 7.68. The molecule has 0 aromatic rings. The quantitative estimate of drug-likeness (QED) is 0.837. The van der Waals surface area contributed by atoms with Crippen molar-refractivity contribution in [3.05, 3.63) is 0 Å². The standard InChI is InChI=1S/C15H27N3O2/c1-15(2,3)11-16-14(20)18-9-7-17(8-10-18)13(19)12-5-4-6-12/h12H,4-11H2,1-3H3,(H,16,20). The first kappa shape index (κ1) is 15.1. The Labute approximate surface area is 121 Å². The topological polar surface area (TPSA) is 52.7 Å². The van der Waals surface area contributed by atoms with Gasteiger partial charge in [-0.15, -0.1) is 0 Å². The molecule has 1 N–H and O–H groups in total. The highest BCUT2D eigenvalue weighted by Gasteiger charge is 2.32. The van der Waals surface area contributed by atoms with Gasteiger partial charge in [-0.05, 0) is 18.3 Å². The van der Waals surface area contributed by atoms with Crippen LogP contribution in [0.3, 0.4) is 0 Å². The molecule has 114 valence electrons. The Morgan fingerprint density at radius 2 is 1.60 bits per heavy atom. The van der Waals surface area contributed by atoms with Crippen molar-refractivity contribution >= 4 is 11.9 Å². The number of hydrogen-bond donors (Lipinski definition) is 1. The lowest BCUT2D eigenvalue weighted by atomic mass is 9.84. The number of rotatable bonds is 2. The molecule has 0 radical (unpaired) electrons. The molecule has 1 aliphatic heterocycles. The zero-order chi connectivity index (χ0) is 14.8. The molecule has 2 rings (SSSR count). The van der Waals surface area contributed by atoms with E-state index in [0.29, 0.717) is 38.6 Å². The van der Waals surface area contributed by atoms with Gasteiger partial charge in [0, 0.05) is 38.6 Å². The molecule has 0 atom stereocenters. The Bertz CT molecular complexity index is 364. The van der Waals surface area contributed by atoms with E-state index in [1.807, 2.05) is 9.80 Å². The van der Waals surface area contributed by atoms with Gasteiger partial charge in [0.05, 0.1) is 0 Å². The van der Waals surface area contributed by atoms with Crippen LogP contribution in [-0.4, -0.2) is 54.5 Å². The summed E-state index contributed by atoms with van der Waals surface area (Å²) in [6.45, 7) is 9.62. The Morgan fingerprint density at radius 3 is 2.05 bits per heavy atom. The van der Waals surface area contributed by atoms with E-state index in [1.165, 1.54) is 6.42 Å². The van der Waals surface area contributed by atoms with Gasteiger partial charge in [-0.25, -0.2) is 4.79 Å². The van der Waals surface area contributed by atoms with Crippen molar-refractivity contribution in [3.63, 3.8) is 0 Å². The molecular weight excluding hydrogens is 254 g/mol. The van der Waals surface area contributed by atoms with E-state index in [0.717, 1.165) is 12.8 Å². The molecule has 0 bridgehead atoms. The van der Waals surface area contributed by atoms with Crippen molar-refractivity contribution in [1.82, 2.24) is 15.1 Å². The summed E-state index contributed by atoms with van der Waals surface area (Å²) in [6.07, 6.45) is 3.28. The summed E-state index contributed by atoms with van der Waals surface area (Å²) in [5.41, 5.74) is 0.0949. The van der Waals surface area contributed by atoms with Crippen LogP contribution in [0, 0.1) is 11.3 Å². The summed E-state index contributed by atoms with van der Waals surface area (Å²) in [5.74, 6) is 0.558. The number of urea groups is 1. The third-order valence-corrected chi connectivity index (χ3v) is 4.10. The lowest BCUT2D eigenvalue weighted by Gasteiger charge is -2.38. The van der Waals surface area contributed by atoms with Gasteiger partial charge in [0.2, 0.25) is 5.91 Å². The summed E-state index contributed by atoms with van der Waals surface area (Å²) in [4.78, 5) is 27.9. The Hall–Kier alpha value is -1.26. The third kappa shape index (κ3) is 3.87. The van der Waals surface area contributed by atoms with Crippen LogP contribution in [0.4, 0.5) is 4.79 Å². The van der Waals surface area contributed by atoms with Crippen LogP contribution in [0.1, 0.15) is 40.0 Å². The summed E-state index contributed by atoms with van der Waals surface area (Å²) >= 11 is 0. The summed E-state index contributed by atoms with van der Waals surface area (Å²) in [7, 11) is 0. The fourth-order valence-electron chi connectivity index (χ4n) is 2.50. The van der Waals surface area contributed by atoms with E-state index in [1.54, 1.807) is 0 Å². The first-order valence-electron chi connectivity index (χ1n) is 7.68. The number of hydrogen-bond acceptors (Lipinski definition) is 2. The molecule has 5 nitrogen and oxygen atoms in total. The van der Waals surface area contributed by atoms with Crippen molar-refractivity contribution in [3.8, 4) is 0 Å². The second kappa shape index (κ2) is 6.02. The number of nitrogens with one attached hydrogen (secondary N) is 1. The Kier molecular flexibility index (Phi) is 4.55. The zero-order valence-electron chi connectivity index (χ0n) is 12.9. The van der Waals surface area contributed by atoms with E-state index < -0.39 is 0 Å².